The molecule has 1 unspecified atom stereocenters. The minimum atomic E-state index is -0.637. The number of nitrogens with zero attached hydrogens (tertiary/aromatic N) is 3. The number of hydrogen-bond donors (Lipinski definition) is 1. The first-order valence-corrected chi connectivity index (χ1v) is 7.19. The second-order valence-electron chi connectivity index (χ2n) is 3.94. The van der Waals surface area contributed by atoms with Crippen molar-refractivity contribution in [3.8, 4) is 0 Å². The van der Waals surface area contributed by atoms with E-state index in [0.29, 0.717) is 12.1 Å². The maximum absolute atomic E-state index is 10.2. The zero-order chi connectivity index (χ0) is 13.1. The molecule has 18 heavy (non-hydrogen) atoms. The monoisotopic (exact) mass is 373 g/mol. The Bertz CT molecular complexity index is 542. The van der Waals surface area contributed by atoms with Crippen LogP contribution in [-0.4, -0.2) is 19.9 Å². The van der Waals surface area contributed by atoms with Crippen LogP contribution in [0.2, 0.25) is 0 Å². The molecule has 0 saturated heterocycles. The van der Waals surface area contributed by atoms with Crippen LogP contribution in [0.1, 0.15) is 24.3 Å². The zero-order valence-corrected chi connectivity index (χ0v) is 13.0. The molecule has 0 amide bonds. The van der Waals surface area contributed by atoms with Gasteiger partial charge in [-0.25, -0.2) is 0 Å². The first kappa shape index (κ1) is 13.7. The van der Waals surface area contributed by atoms with Crippen LogP contribution in [0.15, 0.2) is 33.6 Å². The molecule has 2 heterocycles. The lowest BCUT2D eigenvalue weighted by atomic mass is 10.1. The number of pyridine rings is 1. The van der Waals surface area contributed by atoms with Crippen LogP contribution < -0.4 is 0 Å². The van der Waals surface area contributed by atoms with Gasteiger partial charge in [0.2, 0.25) is 0 Å². The number of aromatic nitrogens is 3. The lowest BCUT2D eigenvalue weighted by molar-refractivity contribution is 0.172. The highest BCUT2D eigenvalue weighted by Crippen LogP contribution is 2.26. The molecule has 0 saturated carbocycles. The van der Waals surface area contributed by atoms with E-state index < -0.39 is 6.10 Å². The van der Waals surface area contributed by atoms with E-state index >= 15 is 0 Å². The van der Waals surface area contributed by atoms with Crippen molar-refractivity contribution in [2.45, 2.75) is 26.0 Å². The highest BCUT2D eigenvalue weighted by molar-refractivity contribution is 9.11. The van der Waals surface area contributed by atoms with E-state index in [0.717, 1.165) is 21.1 Å². The maximum Gasteiger partial charge on any atom is 0.101 e. The van der Waals surface area contributed by atoms with E-state index in [9.17, 15) is 5.11 Å². The summed E-state index contributed by atoms with van der Waals surface area (Å²) in [6, 6.07) is 1.88. The van der Waals surface area contributed by atoms with Gasteiger partial charge in [0.1, 0.15) is 6.10 Å². The van der Waals surface area contributed by atoms with Gasteiger partial charge in [-0.2, -0.15) is 5.10 Å². The van der Waals surface area contributed by atoms with Crippen molar-refractivity contribution in [2.24, 2.45) is 0 Å². The molecular weight excluding hydrogens is 362 g/mol. The molecular formula is C12H13Br2N3O. The molecule has 0 bridgehead atoms. The van der Waals surface area contributed by atoms with Crippen LogP contribution in [0, 0.1) is 0 Å². The molecule has 0 aliphatic heterocycles. The highest BCUT2D eigenvalue weighted by atomic mass is 79.9. The number of halogens is 2. The van der Waals surface area contributed by atoms with Gasteiger partial charge in [0, 0.05) is 34.3 Å². The van der Waals surface area contributed by atoms with E-state index in [2.05, 4.69) is 41.9 Å². The first-order chi connectivity index (χ1) is 8.60. The Labute approximate surface area is 122 Å². The van der Waals surface area contributed by atoms with Crippen LogP contribution in [0.4, 0.5) is 0 Å². The van der Waals surface area contributed by atoms with Gasteiger partial charge in [0.25, 0.3) is 0 Å². The maximum atomic E-state index is 10.2. The fraction of sp³-hybridized carbons (Fsp3) is 0.333. The molecule has 6 heteroatoms. The highest BCUT2D eigenvalue weighted by Gasteiger charge is 2.14. The molecule has 2 aromatic rings. The molecule has 0 spiro atoms. The largest absolute Gasteiger partial charge is 0.386 e. The summed E-state index contributed by atoms with van der Waals surface area (Å²) in [5.74, 6) is 0. The van der Waals surface area contributed by atoms with Gasteiger partial charge in [-0.1, -0.05) is 0 Å². The second-order valence-corrected chi connectivity index (χ2v) is 5.71. The van der Waals surface area contributed by atoms with Crippen LogP contribution in [-0.2, 0) is 13.0 Å². The number of aliphatic hydroxyl groups excluding tert-OH is 1. The summed E-state index contributed by atoms with van der Waals surface area (Å²) in [5, 5.41) is 14.4. The van der Waals surface area contributed by atoms with Gasteiger partial charge in [-0.3, -0.25) is 9.67 Å². The van der Waals surface area contributed by atoms with Gasteiger partial charge in [-0.05, 0) is 50.4 Å². The Morgan fingerprint density at radius 3 is 2.78 bits per heavy atom. The quantitative estimate of drug-likeness (QED) is 0.894. The normalized spacial score (nSPS) is 12.7. The SMILES string of the molecule is CCn1cc(CC(O)c2ncc(Br)cc2Br)cn1. The molecule has 0 fully saturated rings. The smallest absolute Gasteiger partial charge is 0.101 e. The molecule has 0 aromatic carbocycles. The van der Waals surface area contributed by atoms with Gasteiger partial charge >= 0.3 is 0 Å². The summed E-state index contributed by atoms with van der Waals surface area (Å²) in [4.78, 5) is 4.23. The van der Waals surface area contributed by atoms with E-state index in [1.165, 1.54) is 0 Å². The van der Waals surface area contributed by atoms with E-state index in [1.807, 2.05) is 23.9 Å². The lowest BCUT2D eigenvalue weighted by Crippen LogP contribution is -2.04. The van der Waals surface area contributed by atoms with Crippen LogP contribution in [0.25, 0.3) is 0 Å². The van der Waals surface area contributed by atoms with Crippen molar-refractivity contribution in [1.29, 1.82) is 0 Å². The van der Waals surface area contributed by atoms with Gasteiger partial charge in [0.05, 0.1) is 11.9 Å². The van der Waals surface area contributed by atoms with Gasteiger partial charge < -0.3 is 5.11 Å². The van der Waals surface area contributed by atoms with Crippen LogP contribution in [0.3, 0.4) is 0 Å². The summed E-state index contributed by atoms with van der Waals surface area (Å²) in [7, 11) is 0. The van der Waals surface area contributed by atoms with Crippen molar-refractivity contribution in [3.63, 3.8) is 0 Å². The van der Waals surface area contributed by atoms with Crippen LogP contribution >= 0.6 is 31.9 Å². The minimum absolute atomic E-state index is 0.507. The molecule has 4 nitrogen and oxygen atoms in total. The molecule has 2 rings (SSSR count). The minimum Gasteiger partial charge on any atom is -0.386 e. The summed E-state index contributed by atoms with van der Waals surface area (Å²) >= 11 is 6.74. The fourth-order valence-electron chi connectivity index (χ4n) is 1.68. The number of aliphatic hydroxyl groups is 1. The Kier molecular flexibility index (Phi) is 4.53. The first-order valence-electron chi connectivity index (χ1n) is 5.60. The van der Waals surface area contributed by atoms with Crippen molar-refractivity contribution in [3.05, 3.63) is 44.9 Å². The molecule has 0 radical (unpaired) electrons. The average molecular weight is 375 g/mol. The number of aryl methyl sites for hydroxylation is 1. The third kappa shape index (κ3) is 3.18. The standard InChI is InChI=1S/C12H13Br2N3O/c1-2-17-7-8(5-16-17)3-11(18)12-10(14)4-9(13)6-15-12/h4-7,11,18H,2-3H2,1H3. The molecule has 2 aromatic heterocycles. The number of hydrogen-bond acceptors (Lipinski definition) is 3. The predicted octanol–water partition coefficient (Wildman–Crippen LogP) is 3.10. The molecule has 0 aliphatic carbocycles. The summed E-state index contributed by atoms with van der Waals surface area (Å²) < 4.78 is 3.52. The summed E-state index contributed by atoms with van der Waals surface area (Å²) in [6.45, 7) is 2.86. The molecule has 0 aliphatic rings. The zero-order valence-electron chi connectivity index (χ0n) is 9.85. The Morgan fingerprint density at radius 1 is 1.39 bits per heavy atom. The van der Waals surface area contributed by atoms with Crippen molar-refractivity contribution in [1.82, 2.24) is 14.8 Å². The van der Waals surface area contributed by atoms with Gasteiger partial charge in [0.15, 0.2) is 0 Å². The van der Waals surface area contributed by atoms with Crippen molar-refractivity contribution >= 4 is 31.9 Å². The van der Waals surface area contributed by atoms with Crippen LogP contribution in [0.5, 0.6) is 0 Å². The topological polar surface area (TPSA) is 50.9 Å². The third-order valence-corrected chi connectivity index (χ3v) is 3.66. The summed E-state index contributed by atoms with van der Waals surface area (Å²) in [6.07, 6.45) is 5.27. The van der Waals surface area contributed by atoms with E-state index in [-0.39, 0.29) is 0 Å². The van der Waals surface area contributed by atoms with Gasteiger partial charge in [-0.15, -0.1) is 0 Å². The summed E-state index contributed by atoms with van der Waals surface area (Å²) in [5.41, 5.74) is 1.64. The Morgan fingerprint density at radius 2 is 2.17 bits per heavy atom. The predicted molar refractivity (Wildman–Crippen MR) is 76.2 cm³/mol. The lowest BCUT2D eigenvalue weighted by Gasteiger charge is -2.10. The fourth-order valence-corrected chi connectivity index (χ4v) is 2.93. The number of rotatable bonds is 4. The average Bonchev–Trinajstić information content (AvgIpc) is 2.76. The molecule has 1 atom stereocenters. The molecule has 96 valence electrons. The Hall–Kier alpha value is -0.720. The van der Waals surface area contributed by atoms with E-state index in [1.54, 1.807) is 12.4 Å². The third-order valence-electron chi connectivity index (χ3n) is 2.59. The van der Waals surface area contributed by atoms with Crippen molar-refractivity contribution in [2.75, 3.05) is 0 Å². The van der Waals surface area contributed by atoms with Crippen molar-refractivity contribution < 1.29 is 5.11 Å². The van der Waals surface area contributed by atoms with E-state index in [4.69, 9.17) is 0 Å². The molecule has 1 N–H and O–H groups in total. The Balaban J connectivity index is 2.13. The second kappa shape index (κ2) is 5.95.